The summed E-state index contributed by atoms with van der Waals surface area (Å²) in [5, 5.41) is 5.39. The van der Waals surface area contributed by atoms with Crippen LogP contribution in [-0.2, 0) is 24.3 Å². The van der Waals surface area contributed by atoms with Crippen molar-refractivity contribution in [2.45, 2.75) is 32.5 Å². The highest BCUT2D eigenvalue weighted by molar-refractivity contribution is 6.10. The molecule has 1 aliphatic rings. The molecule has 0 radical (unpaired) electrons. The molecule has 0 saturated heterocycles. The van der Waals surface area contributed by atoms with Gasteiger partial charge in [-0.3, -0.25) is 9.59 Å². The fourth-order valence-corrected chi connectivity index (χ4v) is 5.41. The summed E-state index contributed by atoms with van der Waals surface area (Å²) >= 11 is 0. The average Bonchev–Trinajstić information content (AvgIpc) is 3.25. The minimum absolute atomic E-state index is 0.133. The van der Waals surface area contributed by atoms with Gasteiger partial charge < -0.3 is 14.8 Å². The van der Waals surface area contributed by atoms with Gasteiger partial charge in [-0.05, 0) is 54.4 Å². The number of nitrogens with zero attached hydrogens (tertiary/aromatic N) is 2. The first kappa shape index (κ1) is 22.1. The lowest BCUT2D eigenvalue weighted by Gasteiger charge is -2.36. The Morgan fingerprint density at radius 3 is 2.31 bits per heavy atom. The summed E-state index contributed by atoms with van der Waals surface area (Å²) in [7, 11) is 0. The number of fused-ring (bicyclic) bond motifs is 4. The molecule has 1 atom stereocenters. The SMILES string of the molecule is CCn1c2ccccc2c2cc(NC(=O)[C@@H]3Cc4ccccc4CN3C(=O)c3ccccc3)ccc21. The van der Waals surface area contributed by atoms with Crippen LogP contribution in [0.15, 0.2) is 97.1 Å². The monoisotopic (exact) mass is 473 g/mol. The van der Waals surface area contributed by atoms with Crippen LogP contribution in [0.4, 0.5) is 5.69 Å². The van der Waals surface area contributed by atoms with Crippen molar-refractivity contribution < 1.29 is 9.59 Å². The predicted molar refractivity (Wildman–Crippen MR) is 144 cm³/mol. The molecule has 6 rings (SSSR count). The van der Waals surface area contributed by atoms with Gasteiger partial charge in [0, 0.05) is 52.6 Å². The number of amides is 2. The minimum Gasteiger partial charge on any atom is -0.341 e. The topological polar surface area (TPSA) is 54.3 Å². The molecule has 5 nitrogen and oxygen atoms in total. The van der Waals surface area contributed by atoms with Crippen molar-refractivity contribution in [2.75, 3.05) is 5.32 Å². The van der Waals surface area contributed by atoms with Crippen LogP contribution in [0, 0.1) is 0 Å². The maximum atomic E-state index is 13.7. The molecule has 0 aliphatic carbocycles. The zero-order chi connectivity index (χ0) is 24.6. The van der Waals surface area contributed by atoms with Gasteiger partial charge in [0.05, 0.1) is 0 Å². The third kappa shape index (κ3) is 3.73. The van der Waals surface area contributed by atoms with Gasteiger partial charge in [0.15, 0.2) is 0 Å². The van der Waals surface area contributed by atoms with E-state index in [1.54, 1.807) is 17.0 Å². The molecule has 2 heterocycles. The van der Waals surface area contributed by atoms with Crippen molar-refractivity contribution in [3.63, 3.8) is 0 Å². The zero-order valence-corrected chi connectivity index (χ0v) is 20.1. The number of anilines is 1. The number of hydrogen-bond donors (Lipinski definition) is 1. The highest BCUT2D eigenvalue weighted by atomic mass is 16.2. The first-order valence-corrected chi connectivity index (χ1v) is 12.4. The molecule has 5 heteroatoms. The van der Waals surface area contributed by atoms with Crippen molar-refractivity contribution in [3.05, 3.63) is 114 Å². The van der Waals surface area contributed by atoms with E-state index < -0.39 is 6.04 Å². The molecular weight excluding hydrogens is 446 g/mol. The summed E-state index contributed by atoms with van der Waals surface area (Å²) in [4.78, 5) is 28.9. The Morgan fingerprint density at radius 1 is 0.806 bits per heavy atom. The second kappa shape index (κ2) is 9.00. The van der Waals surface area contributed by atoms with Gasteiger partial charge in [0.2, 0.25) is 5.91 Å². The molecule has 0 saturated carbocycles. The van der Waals surface area contributed by atoms with Gasteiger partial charge in [-0.25, -0.2) is 0 Å². The number of nitrogens with one attached hydrogen (secondary N) is 1. The number of carbonyl (C=O) groups excluding carboxylic acids is 2. The van der Waals surface area contributed by atoms with Crippen molar-refractivity contribution in [1.29, 1.82) is 0 Å². The average molecular weight is 474 g/mol. The summed E-state index contributed by atoms with van der Waals surface area (Å²) in [6, 6.07) is 31.0. The maximum absolute atomic E-state index is 13.7. The maximum Gasteiger partial charge on any atom is 0.254 e. The molecular formula is C31H27N3O2. The van der Waals surface area contributed by atoms with Crippen LogP contribution in [0.3, 0.4) is 0 Å². The third-order valence-electron chi connectivity index (χ3n) is 7.19. The van der Waals surface area contributed by atoms with Gasteiger partial charge in [-0.2, -0.15) is 0 Å². The lowest BCUT2D eigenvalue weighted by Crippen LogP contribution is -2.50. The summed E-state index contributed by atoms with van der Waals surface area (Å²) < 4.78 is 2.29. The van der Waals surface area contributed by atoms with Crippen molar-refractivity contribution >= 4 is 39.3 Å². The van der Waals surface area contributed by atoms with Crippen molar-refractivity contribution in [2.24, 2.45) is 0 Å². The van der Waals surface area contributed by atoms with Crippen LogP contribution >= 0.6 is 0 Å². The second-order valence-corrected chi connectivity index (χ2v) is 9.27. The van der Waals surface area contributed by atoms with Gasteiger partial charge in [-0.1, -0.05) is 60.7 Å². The molecule has 0 unspecified atom stereocenters. The highest BCUT2D eigenvalue weighted by Gasteiger charge is 2.35. The van der Waals surface area contributed by atoms with E-state index in [4.69, 9.17) is 0 Å². The van der Waals surface area contributed by atoms with E-state index >= 15 is 0 Å². The second-order valence-electron chi connectivity index (χ2n) is 9.27. The highest BCUT2D eigenvalue weighted by Crippen LogP contribution is 2.32. The van der Waals surface area contributed by atoms with Crippen molar-refractivity contribution in [3.8, 4) is 0 Å². The summed E-state index contributed by atoms with van der Waals surface area (Å²) in [6.45, 7) is 3.42. The van der Waals surface area contributed by atoms with Crippen LogP contribution in [-0.4, -0.2) is 27.3 Å². The first-order chi connectivity index (χ1) is 17.6. The van der Waals surface area contributed by atoms with Gasteiger partial charge >= 0.3 is 0 Å². The summed E-state index contributed by atoms with van der Waals surface area (Å²) in [5.74, 6) is -0.306. The Labute approximate surface area is 210 Å². The van der Waals surface area contributed by atoms with Crippen LogP contribution in [0.25, 0.3) is 21.8 Å². The largest absolute Gasteiger partial charge is 0.341 e. The van der Waals surface area contributed by atoms with Gasteiger partial charge in [-0.15, -0.1) is 0 Å². The normalized spacial score (nSPS) is 15.1. The van der Waals surface area contributed by atoms with Crippen LogP contribution < -0.4 is 5.32 Å². The molecule has 1 N–H and O–H groups in total. The molecule has 178 valence electrons. The number of benzene rings is 4. The molecule has 4 aromatic carbocycles. The number of aryl methyl sites for hydroxylation is 1. The Balaban J connectivity index is 1.35. The summed E-state index contributed by atoms with van der Waals surface area (Å²) in [6.07, 6.45) is 0.484. The molecule has 1 aromatic heterocycles. The Morgan fingerprint density at radius 2 is 1.50 bits per heavy atom. The number of hydrogen-bond acceptors (Lipinski definition) is 2. The number of rotatable bonds is 4. The standard InChI is InChI=1S/C31H27N3O2/c1-2-33-27-15-9-8-14-25(27)26-19-24(16-17-28(26)33)32-30(35)29-18-22-12-6-7-13-23(22)20-34(29)31(36)21-10-4-3-5-11-21/h3-17,19,29H,2,18,20H2,1H3,(H,32,35)/t29-/m0/s1. The Bertz CT molecular complexity index is 1600. The molecule has 2 amide bonds. The van der Waals surface area contributed by atoms with Gasteiger partial charge in [0.25, 0.3) is 5.91 Å². The van der Waals surface area contributed by atoms with Crippen LogP contribution in [0.5, 0.6) is 0 Å². The fraction of sp³-hybridized carbons (Fsp3) is 0.161. The number of para-hydroxylation sites is 1. The molecule has 0 spiro atoms. The Hall–Kier alpha value is -4.38. The van der Waals surface area contributed by atoms with E-state index in [1.165, 1.54) is 5.52 Å². The van der Waals surface area contributed by atoms with E-state index in [-0.39, 0.29) is 11.8 Å². The molecule has 0 bridgehead atoms. The van der Waals surface area contributed by atoms with Crippen LogP contribution in [0.2, 0.25) is 0 Å². The van der Waals surface area contributed by atoms with Gasteiger partial charge in [0.1, 0.15) is 6.04 Å². The molecule has 36 heavy (non-hydrogen) atoms. The minimum atomic E-state index is -0.597. The number of carbonyl (C=O) groups is 2. The lowest BCUT2D eigenvalue weighted by molar-refractivity contribution is -0.121. The van der Waals surface area contributed by atoms with Crippen LogP contribution in [0.1, 0.15) is 28.4 Å². The number of aromatic nitrogens is 1. The predicted octanol–water partition coefficient (Wildman–Crippen LogP) is 6.02. The summed E-state index contributed by atoms with van der Waals surface area (Å²) in [5.41, 5.74) is 5.84. The first-order valence-electron chi connectivity index (χ1n) is 12.4. The smallest absolute Gasteiger partial charge is 0.254 e. The fourth-order valence-electron chi connectivity index (χ4n) is 5.41. The zero-order valence-electron chi connectivity index (χ0n) is 20.1. The molecule has 0 fully saturated rings. The quantitative estimate of drug-likeness (QED) is 0.347. The Kier molecular flexibility index (Phi) is 5.53. The molecule has 1 aliphatic heterocycles. The lowest BCUT2D eigenvalue weighted by atomic mass is 9.92. The van der Waals surface area contributed by atoms with E-state index in [0.29, 0.717) is 18.5 Å². The van der Waals surface area contributed by atoms with E-state index in [9.17, 15) is 9.59 Å². The third-order valence-corrected chi connectivity index (χ3v) is 7.19. The molecule has 5 aromatic rings. The van der Waals surface area contributed by atoms with E-state index in [0.717, 1.165) is 39.6 Å². The van der Waals surface area contributed by atoms with Crippen molar-refractivity contribution in [1.82, 2.24) is 9.47 Å². The van der Waals surface area contributed by atoms with E-state index in [2.05, 4.69) is 41.1 Å². The van der Waals surface area contributed by atoms with E-state index in [1.807, 2.05) is 60.7 Å².